The maximum absolute atomic E-state index is 12.8. The van der Waals surface area contributed by atoms with Gasteiger partial charge < -0.3 is 10.6 Å². The van der Waals surface area contributed by atoms with Gasteiger partial charge in [-0.3, -0.25) is 9.59 Å². The largest absolute Gasteiger partial charge is 0.342 e. The summed E-state index contributed by atoms with van der Waals surface area (Å²) in [6.07, 6.45) is 1.29. The van der Waals surface area contributed by atoms with Crippen molar-refractivity contribution in [2.24, 2.45) is 0 Å². The molecule has 0 saturated carbocycles. The van der Waals surface area contributed by atoms with Crippen molar-refractivity contribution in [2.45, 2.75) is 12.5 Å². The van der Waals surface area contributed by atoms with E-state index in [0.717, 1.165) is 0 Å². The van der Waals surface area contributed by atoms with E-state index in [4.69, 9.17) is 0 Å². The van der Waals surface area contributed by atoms with Gasteiger partial charge in [0.05, 0.1) is 6.42 Å². The van der Waals surface area contributed by atoms with Crippen LogP contribution in [0.1, 0.15) is 11.2 Å². The SMILES string of the molecule is O=C(Nc1ccc(F)cc1)[C@@H]1CC(=O)n2cnnc2N1. The Morgan fingerprint density at radius 1 is 1.40 bits per heavy atom. The van der Waals surface area contributed by atoms with Gasteiger partial charge in [-0.05, 0) is 24.3 Å². The highest BCUT2D eigenvalue weighted by Gasteiger charge is 2.30. The Labute approximate surface area is 112 Å². The van der Waals surface area contributed by atoms with Gasteiger partial charge in [-0.1, -0.05) is 0 Å². The first-order valence-corrected chi connectivity index (χ1v) is 5.89. The molecule has 1 aliphatic heterocycles. The molecule has 1 aromatic carbocycles. The fraction of sp³-hybridized carbons (Fsp3) is 0.167. The van der Waals surface area contributed by atoms with Gasteiger partial charge in [0.2, 0.25) is 17.8 Å². The Bertz CT molecular complexity index is 667. The quantitative estimate of drug-likeness (QED) is 0.849. The van der Waals surface area contributed by atoms with E-state index >= 15 is 0 Å². The van der Waals surface area contributed by atoms with Gasteiger partial charge in [-0.25, -0.2) is 8.96 Å². The first-order chi connectivity index (χ1) is 9.63. The standard InChI is InChI=1S/C12H10FN5O2/c13-7-1-3-8(4-2-7)15-11(20)9-5-10(19)18-6-14-17-12(18)16-9/h1-4,6,9H,5H2,(H,15,20)(H,16,17)/t9-/m0/s1. The number of hydrogen-bond acceptors (Lipinski definition) is 5. The van der Waals surface area contributed by atoms with E-state index in [1.165, 1.54) is 35.2 Å². The molecule has 0 spiro atoms. The number of hydrogen-bond donors (Lipinski definition) is 2. The molecule has 1 aliphatic rings. The fourth-order valence-corrected chi connectivity index (χ4v) is 1.92. The summed E-state index contributed by atoms with van der Waals surface area (Å²) in [5, 5.41) is 12.7. The molecule has 0 aliphatic carbocycles. The minimum Gasteiger partial charge on any atom is -0.342 e. The van der Waals surface area contributed by atoms with Crippen molar-refractivity contribution in [1.29, 1.82) is 0 Å². The molecule has 102 valence electrons. The molecule has 1 aromatic heterocycles. The van der Waals surface area contributed by atoms with E-state index in [0.29, 0.717) is 5.69 Å². The van der Waals surface area contributed by atoms with Gasteiger partial charge in [0, 0.05) is 5.69 Å². The predicted molar refractivity (Wildman–Crippen MR) is 67.7 cm³/mol. The van der Waals surface area contributed by atoms with Crippen LogP contribution in [0.2, 0.25) is 0 Å². The van der Waals surface area contributed by atoms with E-state index < -0.39 is 6.04 Å². The zero-order valence-electron chi connectivity index (χ0n) is 10.2. The average Bonchev–Trinajstić information content (AvgIpc) is 2.90. The lowest BCUT2D eigenvalue weighted by atomic mass is 10.1. The van der Waals surface area contributed by atoms with Crippen LogP contribution in [0.4, 0.5) is 16.0 Å². The van der Waals surface area contributed by atoms with Crippen LogP contribution < -0.4 is 10.6 Å². The van der Waals surface area contributed by atoms with Crippen molar-refractivity contribution in [3.05, 3.63) is 36.4 Å². The molecule has 0 radical (unpaired) electrons. The third-order valence-electron chi connectivity index (χ3n) is 2.93. The van der Waals surface area contributed by atoms with Crippen molar-refractivity contribution in [3.63, 3.8) is 0 Å². The Morgan fingerprint density at radius 3 is 2.90 bits per heavy atom. The van der Waals surface area contributed by atoms with E-state index in [9.17, 15) is 14.0 Å². The van der Waals surface area contributed by atoms with Crippen molar-refractivity contribution in [2.75, 3.05) is 10.6 Å². The molecule has 2 N–H and O–H groups in total. The number of carbonyl (C=O) groups is 2. The molecule has 20 heavy (non-hydrogen) atoms. The van der Waals surface area contributed by atoms with Gasteiger partial charge in [0.25, 0.3) is 0 Å². The highest BCUT2D eigenvalue weighted by molar-refractivity contribution is 6.01. The minimum atomic E-state index is -0.732. The molecule has 2 heterocycles. The van der Waals surface area contributed by atoms with Gasteiger partial charge in [0.15, 0.2) is 0 Å². The second-order valence-corrected chi connectivity index (χ2v) is 4.32. The van der Waals surface area contributed by atoms with Crippen LogP contribution in [0.25, 0.3) is 0 Å². The second kappa shape index (κ2) is 4.72. The molecule has 1 amide bonds. The zero-order valence-corrected chi connectivity index (χ0v) is 10.2. The van der Waals surface area contributed by atoms with Crippen molar-refractivity contribution in [3.8, 4) is 0 Å². The monoisotopic (exact) mass is 275 g/mol. The molecule has 0 fully saturated rings. The van der Waals surface area contributed by atoms with Crippen LogP contribution in [0, 0.1) is 5.82 Å². The molecule has 8 heteroatoms. The van der Waals surface area contributed by atoms with E-state index in [2.05, 4.69) is 20.8 Å². The van der Waals surface area contributed by atoms with Crippen LogP contribution in [0.15, 0.2) is 30.6 Å². The minimum absolute atomic E-state index is 0.00192. The summed E-state index contributed by atoms with van der Waals surface area (Å²) in [4.78, 5) is 23.8. The molecule has 3 rings (SSSR count). The summed E-state index contributed by atoms with van der Waals surface area (Å²) in [6.45, 7) is 0. The topological polar surface area (TPSA) is 88.9 Å². The number of nitrogens with one attached hydrogen (secondary N) is 2. The van der Waals surface area contributed by atoms with Crippen LogP contribution in [0.5, 0.6) is 0 Å². The van der Waals surface area contributed by atoms with Crippen LogP contribution in [-0.4, -0.2) is 32.6 Å². The number of nitrogens with zero attached hydrogens (tertiary/aromatic N) is 3. The fourth-order valence-electron chi connectivity index (χ4n) is 1.92. The highest BCUT2D eigenvalue weighted by atomic mass is 19.1. The van der Waals surface area contributed by atoms with Crippen LogP contribution >= 0.6 is 0 Å². The summed E-state index contributed by atoms with van der Waals surface area (Å²) in [6, 6.07) is 4.64. The first kappa shape index (κ1) is 12.3. The maximum atomic E-state index is 12.8. The van der Waals surface area contributed by atoms with Gasteiger partial charge >= 0.3 is 0 Å². The Morgan fingerprint density at radius 2 is 2.15 bits per heavy atom. The lowest BCUT2D eigenvalue weighted by Gasteiger charge is -2.22. The third-order valence-corrected chi connectivity index (χ3v) is 2.93. The van der Waals surface area contributed by atoms with Crippen LogP contribution in [-0.2, 0) is 4.79 Å². The summed E-state index contributed by atoms with van der Waals surface area (Å²) >= 11 is 0. The normalized spacial score (nSPS) is 17.2. The molecule has 0 bridgehead atoms. The lowest BCUT2D eigenvalue weighted by Crippen LogP contribution is -2.42. The average molecular weight is 275 g/mol. The molecule has 1 atom stereocenters. The van der Waals surface area contributed by atoms with E-state index in [-0.39, 0.29) is 30.0 Å². The Kier molecular flexibility index (Phi) is 2.90. The number of fused-ring (bicyclic) bond motifs is 1. The molecule has 7 nitrogen and oxygen atoms in total. The summed E-state index contributed by atoms with van der Waals surface area (Å²) < 4.78 is 14.0. The molecule has 0 saturated heterocycles. The molecular formula is C12H10FN5O2. The van der Waals surface area contributed by atoms with E-state index in [1.54, 1.807) is 0 Å². The van der Waals surface area contributed by atoms with Crippen LogP contribution in [0.3, 0.4) is 0 Å². The van der Waals surface area contributed by atoms with E-state index in [1.807, 2.05) is 0 Å². The van der Waals surface area contributed by atoms with Crippen molar-refractivity contribution in [1.82, 2.24) is 14.8 Å². The molecule has 0 unspecified atom stereocenters. The second-order valence-electron chi connectivity index (χ2n) is 4.32. The van der Waals surface area contributed by atoms with Crippen molar-refractivity contribution < 1.29 is 14.0 Å². The Balaban J connectivity index is 1.73. The number of carbonyl (C=O) groups excluding carboxylic acids is 2. The third kappa shape index (κ3) is 2.22. The van der Waals surface area contributed by atoms with Crippen molar-refractivity contribution >= 4 is 23.5 Å². The smallest absolute Gasteiger partial charge is 0.247 e. The Hall–Kier alpha value is -2.77. The van der Waals surface area contributed by atoms with Gasteiger partial charge in [0.1, 0.15) is 18.2 Å². The number of aromatic nitrogens is 3. The number of benzene rings is 1. The summed E-state index contributed by atoms with van der Waals surface area (Å²) in [7, 11) is 0. The lowest BCUT2D eigenvalue weighted by molar-refractivity contribution is -0.117. The zero-order chi connectivity index (χ0) is 14.1. The van der Waals surface area contributed by atoms with Gasteiger partial charge in [-0.2, -0.15) is 0 Å². The first-order valence-electron chi connectivity index (χ1n) is 5.89. The summed E-state index contributed by atoms with van der Waals surface area (Å²) in [5.41, 5.74) is 0.456. The van der Waals surface area contributed by atoms with Gasteiger partial charge in [-0.15, -0.1) is 10.2 Å². The highest BCUT2D eigenvalue weighted by Crippen LogP contribution is 2.16. The number of rotatable bonds is 2. The molecular weight excluding hydrogens is 265 g/mol. The summed E-state index contributed by atoms with van der Waals surface area (Å²) in [5.74, 6) is -0.801. The maximum Gasteiger partial charge on any atom is 0.247 e. The number of halogens is 1. The molecule has 2 aromatic rings. The number of anilines is 2. The predicted octanol–water partition coefficient (Wildman–Crippen LogP) is 0.880. The number of amides is 1.